The van der Waals surface area contributed by atoms with Gasteiger partial charge in [0.05, 0.1) is 0 Å². The summed E-state index contributed by atoms with van der Waals surface area (Å²) in [4.78, 5) is 6.63. The molecule has 78 valence electrons. The molecule has 0 aliphatic carbocycles. The average molecular weight is 193 g/mol. The summed E-state index contributed by atoms with van der Waals surface area (Å²) < 4.78 is 0. The summed E-state index contributed by atoms with van der Waals surface area (Å²) in [5.41, 5.74) is 6.67. The van der Waals surface area contributed by atoms with Crippen LogP contribution in [0.25, 0.3) is 0 Å². The van der Waals surface area contributed by atoms with E-state index in [1.54, 1.807) is 0 Å². The van der Waals surface area contributed by atoms with Crippen molar-refractivity contribution in [3.8, 4) is 0 Å². The lowest BCUT2D eigenvalue weighted by Gasteiger charge is -2.18. The number of nitrogens with two attached hydrogens (primary N) is 1. The molecule has 0 saturated carbocycles. The zero-order valence-corrected chi connectivity index (χ0v) is 8.82. The molecule has 0 unspecified atom stereocenters. The maximum Gasteiger partial charge on any atom is 0.0416 e. The molecular formula is C11H19N3. The van der Waals surface area contributed by atoms with Crippen molar-refractivity contribution in [1.82, 2.24) is 9.88 Å². The smallest absolute Gasteiger partial charge is 0.0416 e. The summed E-state index contributed by atoms with van der Waals surface area (Å²) >= 11 is 0. The molecule has 2 N–H and O–H groups in total. The van der Waals surface area contributed by atoms with Crippen LogP contribution in [0.15, 0.2) is 24.4 Å². The van der Waals surface area contributed by atoms with Crippen LogP contribution in [-0.4, -0.2) is 36.1 Å². The molecule has 0 saturated heterocycles. The first-order valence-corrected chi connectivity index (χ1v) is 5.19. The van der Waals surface area contributed by atoms with Crippen molar-refractivity contribution in [3.63, 3.8) is 0 Å². The second-order valence-electron chi connectivity index (χ2n) is 3.29. The predicted molar refractivity (Wildman–Crippen MR) is 59.1 cm³/mol. The van der Waals surface area contributed by atoms with Gasteiger partial charge in [0.15, 0.2) is 0 Å². The Bertz CT molecular complexity index is 236. The molecule has 14 heavy (non-hydrogen) atoms. The number of hydrogen-bond acceptors (Lipinski definition) is 3. The van der Waals surface area contributed by atoms with Crippen LogP contribution in [0, 0.1) is 0 Å². The van der Waals surface area contributed by atoms with Gasteiger partial charge in [0.2, 0.25) is 0 Å². The van der Waals surface area contributed by atoms with Crippen LogP contribution >= 0.6 is 0 Å². The van der Waals surface area contributed by atoms with E-state index in [-0.39, 0.29) is 0 Å². The van der Waals surface area contributed by atoms with Gasteiger partial charge in [0.1, 0.15) is 0 Å². The number of aromatic nitrogens is 1. The number of hydrogen-bond donors (Lipinski definition) is 1. The van der Waals surface area contributed by atoms with Gasteiger partial charge in [-0.3, -0.25) is 4.98 Å². The Morgan fingerprint density at radius 2 is 2.21 bits per heavy atom. The van der Waals surface area contributed by atoms with Gasteiger partial charge in [-0.15, -0.1) is 0 Å². The molecule has 1 rings (SSSR count). The third-order valence-corrected chi connectivity index (χ3v) is 2.30. The van der Waals surface area contributed by atoms with Gasteiger partial charge >= 0.3 is 0 Å². The van der Waals surface area contributed by atoms with Crippen LogP contribution < -0.4 is 5.73 Å². The van der Waals surface area contributed by atoms with Crippen LogP contribution in [0.1, 0.15) is 12.6 Å². The molecule has 0 fully saturated rings. The number of rotatable bonds is 6. The molecule has 3 heteroatoms. The van der Waals surface area contributed by atoms with E-state index in [9.17, 15) is 0 Å². The molecule has 0 aromatic carbocycles. The van der Waals surface area contributed by atoms with Gasteiger partial charge in [-0.1, -0.05) is 13.0 Å². The van der Waals surface area contributed by atoms with Gasteiger partial charge in [-0.05, 0) is 18.7 Å². The monoisotopic (exact) mass is 193 g/mol. The molecule has 0 aliphatic rings. The van der Waals surface area contributed by atoms with E-state index in [1.807, 2.05) is 18.3 Å². The summed E-state index contributed by atoms with van der Waals surface area (Å²) in [6.07, 6.45) is 2.85. The molecule has 1 aromatic rings. The predicted octanol–water partition coefficient (Wildman–Crippen LogP) is 0.905. The Hall–Kier alpha value is -0.930. The minimum Gasteiger partial charge on any atom is -0.329 e. The van der Waals surface area contributed by atoms with Crippen molar-refractivity contribution >= 4 is 0 Å². The molecule has 0 amide bonds. The number of likely N-dealkylation sites (N-methyl/N-ethyl adjacent to an activating group) is 1. The Morgan fingerprint density at radius 3 is 2.79 bits per heavy atom. The van der Waals surface area contributed by atoms with E-state index >= 15 is 0 Å². The third-order valence-electron chi connectivity index (χ3n) is 2.30. The second kappa shape index (κ2) is 6.51. The highest BCUT2D eigenvalue weighted by Gasteiger charge is 2.01. The lowest BCUT2D eigenvalue weighted by atomic mass is 10.2. The van der Waals surface area contributed by atoms with E-state index in [4.69, 9.17) is 5.73 Å². The molecule has 0 radical (unpaired) electrons. The second-order valence-corrected chi connectivity index (χ2v) is 3.29. The third kappa shape index (κ3) is 3.85. The van der Waals surface area contributed by atoms with Gasteiger partial charge < -0.3 is 10.6 Å². The van der Waals surface area contributed by atoms with Crippen LogP contribution in [0.5, 0.6) is 0 Å². The summed E-state index contributed by atoms with van der Waals surface area (Å²) in [5, 5.41) is 0. The fraction of sp³-hybridized carbons (Fsp3) is 0.545. The number of nitrogens with zero attached hydrogens (tertiary/aromatic N) is 2. The van der Waals surface area contributed by atoms with E-state index < -0.39 is 0 Å². The molecule has 3 nitrogen and oxygen atoms in total. The number of pyridine rings is 1. The summed E-state index contributed by atoms with van der Waals surface area (Å²) in [6, 6.07) is 6.04. The van der Waals surface area contributed by atoms with E-state index in [0.717, 1.165) is 38.3 Å². The molecule has 0 spiro atoms. The van der Waals surface area contributed by atoms with Crippen molar-refractivity contribution in [2.24, 2.45) is 5.73 Å². The highest BCUT2D eigenvalue weighted by atomic mass is 15.1. The zero-order chi connectivity index (χ0) is 10.2. The zero-order valence-electron chi connectivity index (χ0n) is 8.82. The van der Waals surface area contributed by atoms with Crippen molar-refractivity contribution in [2.45, 2.75) is 13.3 Å². The van der Waals surface area contributed by atoms with Crippen LogP contribution in [0.3, 0.4) is 0 Å². The first-order valence-electron chi connectivity index (χ1n) is 5.19. The minimum absolute atomic E-state index is 0.732. The normalized spacial score (nSPS) is 10.8. The maximum absolute atomic E-state index is 5.52. The highest BCUT2D eigenvalue weighted by molar-refractivity contribution is 5.03. The first-order chi connectivity index (χ1) is 6.86. The van der Waals surface area contributed by atoms with Gasteiger partial charge in [0.25, 0.3) is 0 Å². The quantitative estimate of drug-likeness (QED) is 0.730. The lowest BCUT2D eigenvalue weighted by Crippen LogP contribution is -2.31. The van der Waals surface area contributed by atoms with E-state index in [1.165, 1.54) is 0 Å². The Balaban J connectivity index is 2.32. The van der Waals surface area contributed by atoms with Crippen LogP contribution in [0.2, 0.25) is 0 Å². The molecular weight excluding hydrogens is 174 g/mol. The largest absolute Gasteiger partial charge is 0.329 e. The van der Waals surface area contributed by atoms with Crippen molar-refractivity contribution in [3.05, 3.63) is 30.1 Å². The van der Waals surface area contributed by atoms with Crippen molar-refractivity contribution < 1.29 is 0 Å². The highest BCUT2D eigenvalue weighted by Crippen LogP contribution is 1.97. The Kier molecular flexibility index (Phi) is 5.19. The van der Waals surface area contributed by atoms with E-state index in [2.05, 4.69) is 22.9 Å². The summed E-state index contributed by atoms with van der Waals surface area (Å²) in [5.74, 6) is 0. The Labute approximate surface area is 85.9 Å². The van der Waals surface area contributed by atoms with Crippen LogP contribution in [-0.2, 0) is 6.42 Å². The first kappa shape index (κ1) is 11.1. The molecule has 1 aromatic heterocycles. The topological polar surface area (TPSA) is 42.1 Å². The van der Waals surface area contributed by atoms with Crippen molar-refractivity contribution in [2.75, 3.05) is 26.2 Å². The molecule has 0 aliphatic heterocycles. The minimum atomic E-state index is 0.732. The van der Waals surface area contributed by atoms with Crippen LogP contribution in [0.4, 0.5) is 0 Å². The molecule has 1 heterocycles. The fourth-order valence-electron chi connectivity index (χ4n) is 1.43. The summed E-state index contributed by atoms with van der Waals surface area (Å²) in [7, 11) is 0. The van der Waals surface area contributed by atoms with E-state index in [0.29, 0.717) is 0 Å². The average Bonchev–Trinajstić information content (AvgIpc) is 2.25. The maximum atomic E-state index is 5.52. The molecule has 0 atom stereocenters. The van der Waals surface area contributed by atoms with Gasteiger partial charge in [-0.25, -0.2) is 0 Å². The Morgan fingerprint density at radius 1 is 1.36 bits per heavy atom. The fourth-order valence-corrected chi connectivity index (χ4v) is 1.43. The SMILES string of the molecule is CCN(CCN)CCc1ccccn1. The summed E-state index contributed by atoms with van der Waals surface area (Å²) in [6.45, 7) is 5.97. The lowest BCUT2D eigenvalue weighted by molar-refractivity contribution is 0.299. The molecule has 0 bridgehead atoms. The standard InChI is InChI=1S/C11H19N3/c1-2-14(10-7-12)9-6-11-5-3-4-8-13-11/h3-5,8H,2,6-7,9-10,12H2,1H3. The van der Waals surface area contributed by atoms with Gasteiger partial charge in [0, 0.05) is 37.9 Å². The van der Waals surface area contributed by atoms with Crippen molar-refractivity contribution in [1.29, 1.82) is 0 Å². The van der Waals surface area contributed by atoms with Gasteiger partial charge in [-0.2, -0.15) is 0 Å².